The molecule has 0 aliphatic carbocycles. The summed E-state index contributed by atoms with van der Waals surface area (Å²) < 4.78 is 0. The zero-order valence-electron chi connectivity index (χ0n) is 6.82. The molecule has 0 saturated heterocycles. The molecule has 1 atom stereocenters. The van der Waals surface area contributed by atoms with Gasteiger partial charge in [-0.3, -0.25) is 9.59 Å². The van der Waals surface area contributed by atoms with Gasteiger partial charge < -0.3 is 21.0 Å². The molecule has 0 saturated carbocycles. The lowest BCUT2D eigenvalue weighted by Crippen LogP contribution is -2.69. The van der Waals surface area contributed by atoms with Crippen LogP contribution < -0.4 is 16.2 Å². The largest absolute Gasteiger partial charge is 0.544 e. The van der Waals surface area contributed by atoms with Crippen LogP contribution in [0.3, 0.4) is 0 Å². The number of carboxylic acids is 1. The first-order chi connectivity index (χ1) is 6.07. The Labute approximate surface area is 78.9 Å². The van der Waals surface area contributed by atoms with Crippen molar-refractivity contribution in [3.05, 3.63) is 0 Å². The van der Waals surface area contributed by atoms with Crippen molar-refractivity contribution in [2.75, 3.05) is 12.3 Å². The summed E-state index contributed by atoms with van der Waals surface area (Å²) >= 11 is 0.809. The molecule has 0 fully saturated rings. The van der Waals surface area contributed by atoms with Crippen molar-refractivity contribution in [2.24, 2.45) is 0 Å². The Kier molecular flexibility index (Phi) is 5.90. The van der Waals surface area contributed by atoms with E-state index in [1.807, 2.05) is 0 Å². The predicted octanol–water partition coefficient (Wildman–Crippen LogP) is -3.65. The molecule has 0 aromatic heterocycles. The molecular formula is C6H10N2O4S. The van der Waals surface area contributed by atoms with E-state index in [9.17, 15) is 19.5 Å². The first-order valence-electron chi connectivity index (χ1n) is 3.44. The number of hydrogen-bond donors (Lipinski definition) is 2. The average Bonchev–Trinajstić information content (AvgIpc) is 2.10. The van der Waals surface area contributed by atoms with Crippen molar-refractivity contribution in [1.29, 1.82) is 0 Å². The molecule has 6 nitrogen and oxygen atoms in total. The van der Waals surface area contributed by atoms with Crippen molar-refractivity contribution in [2.45, 2.75) is 6.04 Å². The predicted molar refractivity (Wildman–Crippen MR) is 43.2 cm³/mol. The Morgan fingerprint density at radius 3 is 2.69 bits per heavy atom. The summed E-state index contributed by atoms with van der Waals surface area (Å²) in [7, 11) is 0. The lowest BCUT2D eigenvalue weighted by Gasteiger charge is -2.07. The van der Waals surface area contributed by atoms with Crippen LogP contribution in [-0.2, 0) is 14.4 Å². The maximum absolute atomic E-state index is 10.8. The molecule has 1 amide bonds. The first kappa shape index (κ1) is 11.9. The van der Waals surface area contributed by atoms with Gasteiger partial charge in [-0.2, -0.15) is 0 Å². The highest BCUT2D eigenvalue weighted by molar-refractivity contribution is 8.13. The third kappa shape index (κ3) is 6.12. The van der Waals surface area contributed by atoms with Gasteiger partial charge in [-0.05, 0) is 0 Å². The van der Waals surface area contributed by atoms with Crippen LogP contribution in [0.1, 0.15) is 0 Å². The number of hydrogen-bond acceptors (Lipinski definition) is 5. The molecular weight excluding hydrogens is 196 g/mol. The minimum absolute atomic E-state index is 0.0572. The third-order valence-corrected chi connectivity index (χ3v) is 2.14. The first-order valence-corrected chi connectivity index (χ1v) is 4.43. The van der Waals surface area contributed by atoms with Crippen molar-refractivity contribution in [3.63, 3.8) is 0 Å². The maximum Gasteiger partial charge on any atom is 0.208 e. The molecule has 0 bridgehead atoms. The van der Waals surface area contributed by atoms with E-state index in [0.717, 1.165) is 11.8 Å². The molecule has 74 valence electrons. The average molecular weight is 206 g/mol. The Bertz CT molecular complexity index is 209. The SMILES string of the molecule is [NH3+][C@@H](CSC(=O)CNC=O)C(=O)[O-]. The van der Waals surface area contributed by atoms with Gasteiger partial charge in [0.2, 0.25) is 11.5 Å². The summed E-state index contributed by atoms with van der Waals surface area (Å²) in [5.41, 5.74) is 3.26. The van der Waals surface area contributed by atoms with Gasteiger partial charge in [0, 0.05) is 0 Å². The molecule has 0 aromatic carbocycles. The van der Waals surface area contributed by atoms with Crippen molar-refractivity contribution < 1.29 is 25.2 Å². The van der Waals surface area contributed by atoms with Crippen LogP contribution in [0, 0.1) is 0 Å². The summed E-state index contributed by atoms with van der Waals surface area (Å²) in [6.45, 7) is -0.103. The smallest absolute Gasteiger partial charge is 0.208 e. The van der Waals surface area contributed by atoms with Gasteiger partial charge in [0.15, 0.2) is 0 Å². The Hall–Kier alpha value is -1.08. The number of thioether (sulfide) groups is 1. The molecule has 0 spiro atoms. The standard InChI is InChI=1S/C6H10N2O4S/c7-4(6(11)12)2-13-5(10)1-8-3-9/h3-4H,1-2,7H2,(H,8,9)(H,11,12)/t4-/m0/s1. The number of amides is 1. The Morgan fingerprint density at radius 1 is 1.62 bits per heavy atom. The van der Waals surface area contributed by atoms with E-state index in [-0.39, 0.29) is 17.4 Å². The molecule has 0 aliphatic rings. The highest BCUT2D eigenvalue weighted by Gasteiger charge is 2.10. The molecule has 0 rings (SSSR count). The van der Waals surface area contributed by atoms with E-state index in [0.29, 0.717) is 6.41 Å². The second kappa shape index (κ2) is 6.44. The molecule has 0 unspecified atom stereocenters. The van der Waals surface area contributed by atoms with E-state index in [4.69, 9.17) is 0 Å². The zero-order valence-corrected chi connectivity index (χ0v) is 7.63. The molecule has 0 radical (unpaired) electrons. The van der Waals surface area contributed by atoms with Crippen LogP contribution in [-0.4, -0.2) is 35.8 Å². The molecule has 0 heterocycles. The highest BCUT2D eigenvalue weighted by Crippen LogP contribution is 2.01. The summed E-state index contributed by atoms with van der Waals surface area (Å²) in [5.74, 6) is -1.23. The fraction of sp³-hybridized carbons (Fsp3) is 0.500. The monoisotopic (exact) mass is 206 g/mol. The summed E-state index contributed by atoms with van der Waals surface area (Å²) in [6.07, 6.45) is 0.402. The number of quaternary nitrogens is 1. The summed E-state index contributed by atoms with van der Waals surface area (Å²) in [5, 5.41) is 12.0. The normalized spacial score (nSPS) is 11.8. The fourth-order valence-electron chi connectivity index (χ4n) is 0.438. The lowest BCUT2D eigenvalue weighted by molar-refractivity contribution is -0.431. The molecule has 7 heteroatoms. The van der Waals surface area contributed by atoms with E-state index < -0.39 is 12.0 Å². The minimum Gasteiger partial charge on any atom is -0.544 e. The van der Waals surface area contributed by atoms with Gasteiger partial charge in [0.25, 0.3) is 0 Å². The van der Waals surface area contributed by atoms with Crippen LogP contribution in [0.2, 0.25) is 0 Å². The van der Waals surface area contributed by atoms with Gasteiger partial charge in [-0.15, -0.1) is 0 Å². The van der Waals surface area contributed by atoms with E-state index in [1.165, 1.54) is 0 Å². The molecule has 13 heavy (non-hydrogen) atoms. The summed E-state index contributed by atoms with van der Waals surface area (Å²) in [6, 6.07) is -0.912. The molecule has 0 aliphatic heterocycles. The van der Waals surface area contributed by atoms with Crippen molar-refractivity contribution in [1.82, 2.24) is 5.32 Å². The van der Waals surface area contributed by atoms with Gasteiger partial charge >= 0.3 is 0 Å². The van der Waals surface area contributed by atoms with Crippen molar-refractivity contribution >= 4 is 29.3 Å². The minimum atomic E-state index is -1.29. The van der Waals surface area contributed by atoms with Crippen LogP contribution in [0.4, 0.5) is 0 Å². The van der Waals surface area contributed by atoms with E-state index in [2.05, 4.69) is 11.1 Å². The third-order valence-electron chi connectivity index (χ3n) is 1.11. The van der Waals surface area contributed by atoms with E-state index >= 15 is 0 Å². The van der Waals surface area contributed by atoms with Crippen LogP contribution >= 0.6 is 11.8 Å². The Balaban J connectivity index is 3.57. The van der Waals surface area contributed by atoms with Crippen LogP contribution in [0.5, 0.6) is 0 Å². The topological polar surface area (TPSA) is 114 Å². The van der Waals surface area contributed by atoms with Crippen molar-refractivity contribution in [3.8, 4) is 0 Å². The summed E-state index contributed by atoms with van der Waals surface area (Å²) in [4.78, 5) is 30.8. The van der Waals surface area contributed by atoms with Crippen LogP contribution in [0.15, 0.2) is 0 Å². The Morgan fingerprint density at radius 2 is 2.23 bits per heavy atom. The number of rotatable bonds is 6. The lowest BCUT2D eigenvalue weighted by atomic mass is 10.4. The van der Waals surface area contributed by atoms with Gasteiger partial charge in [0.1, 0.15) is 6.04 Å². The van der Waals surface area contributed by atoms with Gasteiger partial charge in [-0.25, -0.2) is 0 Å². The second-order valence-corrected chi connectivity index (χ2v) is 3.28. The zero-order chi connectivity index (χ0) is 10.3. The maximum atomic E-state index is 10.8. The second-order valence-electron chi connectivity index (χ2n) is 2.20. The molecule has 0 aromatic rings. The number of aliphatic carboxylic acids is 1. The number of carboxylic acid groups (broad SMARTS) is 1. The van der Waals surface area contributed by atoms with Crippen LogP contribution in [0.25, 0.3) is 0 Å². The van der Waals surface area contributed by atoms with E-state index in [1.54, 1.807) is 0 Å². The highest BCUT2D eigenvalue weighted by atomic mass is 32.2. The van der Waals surface area contributed by atoms with Gasteiger partial charge in [-0.1, -0.05) is 11.8 Å². The van der Waals surface area contributed by atoms with Gasteiger partial charge in [0.05, 0.1) is 18.3 Å². The fourth-order valence-corrected chi connectivity index (χ4v) is 1.15. The molecule has 4 N–H and O–H groups in total. The number of carbonyl (C=O) groups excluding carboxylic acids is 3. The quantitative estimate of drug-likeness (QED) is 0.435. The number of nitrogens with one attached hydrogen (secondary N) is 1. The number of carbonyl (C=O) groups is 3.